The normalized spacial score (nSPS) is 10.3. The van der Waals surface area contributed by atoms with E-state index >= 15 is 0 Å². The lowest BCUT2D eigenvalue weighted by Gasteiger charge is -2.09. The summed E-state index contributed by atoms with van der Waals surface area (Å²) in [5.74, 6) is -1.63. The first kappa shape index (κ1) is 14.3. The number of halogens is 3. The Labute approximate surface area is 119 Å². The number of nitrogens with one attached hydrogen (secondary N) is 1. The third kappa shape index (κ3) is 3.27. The van der Waals surface area contributed by atoms with E-state index in [1.807, 2.05) is 0 Å². The van der Waals surface area contributed by atoms with Crippen LogP contribution in [0.5, 0.6) is 0 Å². The average Bonchev–Trinajstić information content (AvgIpc) is 2.39. The van der Waals surface area contributed by atoms with E-state index in [2.05, 4.69) is 5.32 Å². The van der Waals surface area contributed by atoms with Crippen molar-refractivity contribution in [1.82, 2.24) is 0 Å². The van der Waals surface area contributed by atoms with Crippen LogP contribution in [0.15, 0.2) is 36.4 Å². The average molecular weight is 296 g/mol. The number of rotatable bonds is 4. The van der Waals surface area contributed by atoms with Crippen LogP contribution in [-0.2, 0) is 6.54 Å². The van der Waals surface area contributed by atoms with Gasteiger partial charge >= 0.3 is 0 Å². The van der Waals surface area contributed by atoms with Gasteiger partial charge in [-0.05, 0) is 36.4 Å². The fourth-order valence-corrected chi connectivity index (χ4v) is 1.87. The van der Waals surface area contributed by atoms with Gasteiger partial charge < -0.3 is 11.1 Å². The number of hydrogen-bond acceptors (Lipinski definition) is 2. The molecule has 0 amide bonds. The molecule has 2 aromatic carbocycles. The minimum atomic E-state index is -0.567. The molecule has 0 unspecified atom stereocenters. The lowest BCUT2D eigenvalue weighted by atomic mass is 10.1. The monoisotopic (exact) mass is 296 g/mol. The Bertz CT molecular complexity index is 659. The molecule has 0 atom stereocenters. The zero-order chi connectivity index (χ0) is 14.7. The minimum Gasteiger partial charge on any atom is -0.389 e. The molecule has 0 radical (unpaired) electrons. The van der Waals surface area contributed by atoms with Crippen molar-refractivity contribution in [3.05, 3.63) is 65.0 Å². The molecule has 6 heteroatoms. The highest BCUT2D eigenvalue weighted by Gasteiger charge is 2.07. The van der Waals surface area contributed by atoms with Crippen molar-refractivity contribution in [3.8, 4) is 0 Å². The van der Waals surface area contributed by atoms with Gasteiger partial charge in [0.15, 0.2) is 0 Å². The fourth-order valence-electron chi connectivity index (χ4n) is 1.70. The standard InChI is InChI=1S/C14H11F3N2S/c15-9-1-4-12(16)8(5-9)7-19-10-2-3-11(14(18)20)13(17)6-10/h1-6,19H,7H2,(H2,18,20). The summed E-state index contributed by atoms with van der Waals surface area (Å²) in [7, 11) is 0. The summed E-state index contributed by atoms with van der Waals surface area (Å²) < 4.78 is 40.0. The maximum absolute atomic E-state index is 13.6. The second-order valence-corrected chi connectivity index (χ2v) is 4.59. The number of benzene rings is 2. The van der Waals surface area contributed by atoms with Gasteiger partial charge in [0.2, 0.25) is 0 Å². The van der Waals surface area contributed by atoms with E-state index in [4.69, 9.17) is 18.0 Å². The molecule has 104 valence electrons. The Morgan fingerprint density at radius 1 is 1.05 bits per heavy atom. The molecule has 0 spiro atoms. The minimum absolute atomic E-state index is 0.0368. The SMILES string of the molecule is NC(=S)c1ccc(NCc2cc(F)ccc2F)cc1F. The molecule has 2 rings (SSSR count). The third-order valence-corrected chi connectivity index (χ3v) is 2.95. The van der Waals surface area contributed by atoms with Crippen molar-refractivity contribution in [1.29, 1.82) is 0 Å². The van der Waals surface area contributed by atoms with E-state index in [1.54, 1.807) is 6.07 Å². The summed E-state index contributed by atoms with van der Waals surface area (Å²) in [5, 5.41) is 2.81. The zero-order valence-electron chi connectivity index (χ0n) is 10.3. The Hall–Kier alpha value is -2.08. The molecule has 0 aromatic heterocycles. The second kappa shape index (κ2) is 5.92. The van der Waals surface area contributed by atoms with Gasteiger partial charge in [-0.15, -0.1) is 0 Å². The molecule has 0 saturated carbocycles. The fraction of sp³-hybridized carbons (Fsp3) is 0.0714. The highest BCUT2D eigenvalue weighted by atomic mass is 32.1. The van der Waals surface area contributed by atoms with Crippen LogP contribution in [0.25, 0.3) is 0 Å². The van der Waals surface area contributed by atoms with Crippen molar-refractivity contribution < 1.29 is 13.2 Å². The van der Waals surface area contributed by atoms with Crippen LogP contribution in [0.2, 0.25) is 0 Å². The van der Waals surface area contributed by atoms with Gasteiger partial charge in [-0.25, -0.2) is 13.2 Å². The Balaban J connectivity index is 2.13. The molecule has 0 fully saturated rings. The summed E-state index contributed by atoms with van der Waals surface area (Å²) in [4.78, 5) is -0.0368. The molecule has 0 bridgehead atoms. The topological polar surface area (TPSA) is 38.0 Å². The van der Waals surface area contributed by atoms with E-state index < -0.39 is 17.5 Å². The Morgan fingerprint density at radius 3 is 2.45 bits per heavy atom. The van der Waals surface area contributed by atoms with Gasteiger partial charge in [0, 0.05) is 23.4 Å². The predicted molar refractivity (Wildman–Crippen MR) is 76.0 cm³/mol. The summed E-state index contributed by atoms with van der Waals surface area (Å²) >= 11 is 4.69. The molecule has 0 saturated heterocycles. The van der Waals surface area contributed by atoms with E-state index in [1.165, 1.54) is 12.1 Å². The maximum Gasteiger partial charge on any atom is 0.135 e. The van der Waals surface area contributed by atoms with Gasteiger partial charge in [-0.2, -0.15) is 0 Å². The van der Waals surface area contributed by atoms with Crippen molar-refractivity contribution in [2.45, 2.75) is 6.54 Å². The van der Waals surface area contributed by atoms with Crippen LogP contribution >= 0.6 is 12.2 Å². The van der Waals surface area contributed by atoms with Crippen LogP contribution < -0.4 is 11.1 Å². The van der Waals surface area contributed by atoms with Gasteiger partial charge in [0.1, 0.15) is 22.4 Å². The Morgan fingerprint density at radius 2 is 1.80 bits per heavy atom. The molecule has 2 aromatic rings. The highest BCUT2D eigenvalue weighted by molar-refractivity contribution is 7.80. The first-order valence-electron chi connectivity index (χ1n) is 5.74. The summed E-state index contributed by atoms with van der Waals surface area (Å²) in [6, 6.07) is 7.36. The molecular formula is C14H11F3N2S. The molecule has 2 nitrogen and oxygen atoms in total. The molecule has 3 N–H and O–H groups in total. The van der Waals surface area contributed by atoms with Crippen molar-refractivity contribution >= 4 is 22.9 Å². The van der Waals surface area contributed by atoms with Crippen LogP contribution in [0.4, 0.5) is 18.9 Å². The van der Waals surface area contributed by atoms with Gasteiger partial charge in [-0.3, -0.25) is 0 Å². The first-order chi connectivity index (χ1) is 9.47. The summed E-state index contributed by atoms with van der Waals surface area (Å²) in [5.41, 5.74) is 6.07. The quantitative estimate of drug-likeness (QED) is 0.850. The molecular weight excluding hydrogens is 285 g/mol. The van der Waals surface area contributed by atoms with E-state index in [-0.39, 0.29) is 22.7 Å². The first-order valence-corrected chi connectivity index (χ1v) is 6.15. The summed E-state index contributed by atoms with van der Waals surface area (Å²) in [6.07, 6.45) is 0. The van der Waals surface area contributed by atoms with Crippen LogP contribution in [0.3, 0.4) is 0 Å². The molecule has 0 heterocycles. The smallest absolute Gasteiger partial charge is 0.135 e. The number of anilines is 1. The second-order valence-electron chi connectivity index (χ2n) is 4.15. The molecule has 20 heavy (non-hydrogen) atoms. The van der Waals surface area contributed by atoms with Crippen LogP contribution in [-0.4, -0.2) is 4.99 Å². The molecule has 0 aliphatic rings. The van der Waals surface area contributed by atoms with Crippen LogP contribution in [0, 0.1) is 17.5 Å². The van der Waals surface area contributed by atoms with Crippen molar-refractivity contribution in [3.63, 3.8) is 0 Å². The predicted octanol–water partition coefficient (Wildman–Crippen LogP) is 3.35. The van der Waals surface area contributed by atoms with E-state index in [9.17, 15) is 13.2 Å². The van der Waals surface area contributed by atoms with Gasteiger partial charge in [0.05, 0.1) is 0 Å². The van der Waals surface area contributed by atoms with Crippen molar-refractivity contribution in [2.24, 2.45) is 5.73 Å². The largest absolute Gasteiger partial charge is 0.389 e. The van der Waals surface area contributed by atoms with Crippen molar-refractivity contribution in [2.75, 3.05) is 5.32 Å². The summed E-state index contributed by atoms with van der Waals surface area (Å²) in [6.45, 7) is 0.0372. The molecule has 0 aliphatic heterocycles. The van der Waals surface area contributed by atoms with Gasteiger partial charge in [0.25, 0.3) is 0 Å². The number of thiocarbonyl (C=S) groups is 1. The highest BCUT2D eigenvalue weighted by Crippen LogP contribution is 2.17. The lowest BCUT2D eigenvalue weighted by Crippen LogP contribution is -2.12. The van der Waals surface area contributed by atoms with E-state index in [0.717, 1.165) is 18.2 Å². The zero-order valence-corrected chi connectivity index (χ0v) is 11.1. The Kier molecular flexibility index (Phi) is 4.24. The third-order valence-electron chi connectivity index (χ3n) is 2.73. The van der Waals surface area contributed by atoms with Crippen LogP contribution in [0.1, 0.15) is 11.1 Å². The van der Waals surface area contributed by atoms with Gasteiger partial charge in [-0.1, -0.05) is 12.2 Å². The lowest BCUT2D eigenvalue weighted by molar-refractivity contribution is 0.587. The molecule has 0 aliphatic carbocycles. The number of nitrogens with two attached hydrogens (primary N) is 1. The van der Waals surface area contributed by atoms with E-state index in [0.29, 0.717) is 5.69 Å². The maximum atomic E-state index is 13.6. The number of hydrogen-bond donors (Lipinski definition) is 2.